The Morgan fingerprint density at radius 3 is 2.43 bits per heavy atom. The highest BCUT2D eigenvalue weighted by Crippen LogP contribution is 2.19. The van der Waals surface area contributed by atoms with Gasteiger partial charge in [-0.1, -0.05) is 50.2 Å². The zero-order chi connectivity index (χ0) is 16.4. The molecule has 0 radical (unpaired) electrons. The Hall–Kier alpha value is -2.75. The number of nitrogens with one attached hydrogen (secondary N) is 1. The molecule has 0 aliphatic carbocycles. The van der Waals surface area contributed by atoms with Crippen molar-refractivity contribution < 1.29 is 9.18 Å². The first-order valence-electron chi connectivity index (χ1n) is 7.51. The Morgan fingerprint density at radius 1 is 1.09 bits per heavy atom. The summed E-state index contributed by atoms with van der Waals surface area (Å²) in [5.74, 6) is -0.0272. The van der Waals surface area contributed by atoms with Gasteiger partial charge >= 0.3 is 0 Å². The topological polar surface area (TPSA) is 41.5 Å². The number of rotatable bonds is 3. The summed E-state index contributed by atoms with van der Waals surface area (Å²) in [7, 11) is 0. The van der Waals surface area contributed by atoms with E-state index in [1.165, 1.54) is 11.6 Å². The van der Waals surface area contributed by atoms with Gasteiger partial charge in [0.05, 0.1) is 5.56 Å². The summed E-state index contributed by atoms with van der Waals surface area (Å²) in [6, 6.07) is 14.2. The number of carbonyl (C=O) groups is 1. The van der Waals surface area contributed by atoms with E-state index in [0.29, 0.717) is 11.5 Å². The first-order valence-corrected chi connectivity index (χ1v) is 7.51. The predicted octanol–water partition coefficient (Wildman–Crippen LogP) is 3.87. The highest BCUT2D eigenvalue weighted by Gasteiger charge is 2.22. The van der Waals surface area contributed by atoms with Crippen molar-refractivity contribution in [2.45, 2.75) is 19.8 Å². The van der Waals surface area contributed by atoms with Gasteiger partial charge in [-0.3, -0.25) is 4.79 Å². The van der Waals surface area contributed by atoms with E-state index >= 15 is 0 Å². The maximum atomic E-state index is 13.8. The van der Waals surface area contributed by atoms with Crippen LogP contribution in [0.15, 0.2) is 59.2 Å². The minimum absolute atomic E-state index is 0.248. The molecule has 1 amide bonds. The molecule has 0 unspecified atom stereocenters. The number of hydrogen-bond donors (Lipinski definition) is 1. The summed E-state index contributed by atoms with van der Waals surface area (Å²) in [4.78, 5) is 16.3. The Labute approximate surface area is 134 Å². The van der Waals surface area contributed by atoms with Gasteiger partial charge in [-0.2, -0.15) is 0 Å². The van der Waals surface area contributed by atoms with Crippen LogP contribution in [0, 0.1) is 5.82 Å². The van der Waals surface area contributed by atoms with Crippen molar-refractivity contribution in [3.05, 3.63) is 76.7 Å². The van der Waals surface area contributed by atoms with Gasteiger partial charge in [0.15, 0.2) is 0 Å². The van der Waals surface area contributed by atoms with Gasteiger partial charge in [-0.15, -0.1) is 0 Å². The van der Waals surface area contributed by atoms with Crippen LogP contribution in [-0.4, -0.2) is 11.7 Å². The first-order chi connectivity index (χ1) is 11.0. The molecule has 23 heavy (non-hydrogen) atoms. The van der Waals surface area contributed by atoms with E-state index in [1.807, 2.05) is 24.3 Å². The maximum absolute atomic E-state index is 13.8. The van der Waals surface area contributed by atoms with Crippen LogP contribution in [0.3, 0.4) is 0 Å². The SMILES string of the molecule is CC(C)c1ccc(/C=C2/N=C(c3ccccc3F)NC2=O)cc1. The summed E-state index contributed by atoms with van der Waals surface area (Å²) < 4.78 is 13.8. The van der Waals surface area contributed by atoms with Crippen LogP contribution >= 0.6 is 0 Å². The monoisotopic (exact) mass is 308 g/mol. The zero-order valence-electron chi connectivity index (χ0n) is 13.0. The van der Waals surface area contributed by atoms with E-state index < -0.39 is 5.82 Å². The molecular weight excluding hydrogens is 291 g/mol. The fraction of sp³-hybridized carbons (Fsp3) is 0.158. The Morgan fingerprint density at radius 2 is 1.78 bits per heavy atom. The number of amides is 1. The molecule has 0 bridgehead atoms. The normalized spacial score (nSPS) is 15.9. The van der Waals surface area contributed by atoms with Crippen molar-refractivity contribution in [2.24, 2.45) is 4.99 Å². The Balaban J connectivity index is 1.90. The number of amidine groups is 1. The third-order valence-corrected chi connectivity index (χ3v) is 3.73. The lowest BCUT2D eigenvalue weighted by molar-refractivity contribution is -0.115. The molecule has 0 fully saturated rings. The molecule has 4 heteroatoms. The minimum Gasteiger partial charge on any atom is -0.305 e. The average Bonchev–Trinajstić information content (AvgIpc) is 2.89. The summed E-state index contributed by atoms with van der Waals surface area (Å²) in [5, 5.41) is 2.61. The van der Waals surface area contributed by atoms with Crippen LogP contribution in [0.1, 0.15) is 36.5 Å². The van der Waals surface area contributed by atoms with Gasteiger partial charge in [0.1, 0.15) is 17.3 Å². The molecule has 1 heterocycles. The van der Waals surface area contributed by atoms with Gasteiger partial charge in [0.25, 0.3) is 5.91 Å². The molecule has 3 nitrogen and oxygen atoms in total. The molecule has 0 aromatic heterocycles. The lowest BCUT2D eigenvalue weighted by atomic mass is 10.0. The summed E-state index contributed by atoms with van der Waals surface area (Å²) in [6.45, 7) is 4.26. The molecule has 0 saturated heterocycles. The molecule has 2 aromatic rings. The van der Waals surface area contributed by atoms with Crippen molar-refractivity contribution in [1.29, 1.82) is 0 Å². The second-order valence-electron chi connectivity index (χ2n) is 5.75. The van der Waals surface area contributed by atoms with E-state index in [1.54, 1.807) is 24.3 Å². The van der Waals surface area contributed by atoms with E-state index in [0.717, 1.165) is 5.56 Å². The first kappa shape index (κ1) is 15.2. The fourth-order valence-corrected chi connectivity index (χ4v) is 2.38. The molecule has 1 aliphatic rings. The highest BCUT2D eigenvalue weighted by molar-refractivity contribution is 6.19. The molecule has 0 atom stereocenters. The maximum Gasteiger partial charge on any atom is 0.275 e. The Bertz CT molecular complexity index is 804. The fourth-order valence-electron chi connectivity index (χ4n) is 2.38. The predicted molar refractivity (Wildman–Crippen MR) is 89.6 cm³/mol. The lowest BCUT2D eigenvalue weighted by Gasteiger charge is -2.04. The summed E-state index contributed by atoms with van der Waals surface area (Å²) in [5.41, 5.74) is 2.69. The molecule has 1 aliphatic heterocycles. The molecule has 0 saturated carbocycles. The number of benzene rings is 2. The highest BCUT2D eigenvalue weighted by atomic mass is 19.1. The molecule has 116 valence electrons. The summed E-state index contributed by atoms with van der Waals surface area (Å²) in [6.07, 6.45) is 1.70. The van der Waals surface area contributed by atoms with Crippen molar-refractivity contribution in [3.63, 3.8) is 0 Å². The standard InChI is InChI=1S/C19H17FN2O/c1-12(2)14-9-7-13(8-10-14)11-17-19(23)22-18(21-17)15-5-3-4-6-16(15)20/h3-12H,1-2H3,(H,21,22,23)/b17-11+. The van der Waals surface area contributed by atoms with Crippen LogP contribution in [0.2, 0.25) is 0 Å². The van der Waals surface area contributed by atoms with Crippen molar-refractivity contribution in [2.75, 3.05) is 0 Å². The second-order valence-corrected chi connectivity index (χ2v) is 5.75. The van der Waals surface area contributed by atoms with E-state index in [2.05, 4.69) is 24.2 Å². The largest absolute Gasteiger partial charge is 0.305 e. The molecule has 0 spiro atoms. The van der Waals surface area contributed by atoms with Gasteiger partial charge in [-0.05, 0) is 35.3 Å². The Kier molecular flexibility index (Phi) is 4.06. The zero-order valence-corrected chi connectivity index (χ0v) is 13.0. The number of aliphatic imine (C=N–C) groups is 1. The molecular formula is C19H17FN2O. The van der Waals surface area contributed by atoms with Crippen LogP contribution in [0.25, 0.3) is 6.08 Å². The van der Waals surface area contributed by atoms with Gasteiger partial charge in [0, 0.05) is 0 Å². The molecule has 2 aromatic carbocycles. The van der Waals surface area contributed by atoms with Gasteiger partial charge in [0.2, 0.25) is 0 Å². The molecule has 3 rings (SSSR count). The van der Waals surface area contributed by atoms with Gasteiger partial charge in [-0.25, -0.2) is 9.38 Å². The average molecular weight is 308 g/mol. The number of nitrogens with zero attached hydrogens (tertiary/aromatic N) is 1. The molecule has 1 N–H and O–H groups in total. The lowest BCUT2D eigenvalue weighted by Crippen LogP contribution is -2.25. The van der Waals surface area contributed by atoms with Crippen LogP contribution in [0.5, 0.6) is 0 Å². The summed E-state index contributed by atoms with van der Waals surface area (Å²) >= 11 is 0. The van der Waals surface area contributed by atoms with Crippen LogP contribution in [-0.2, 0) is 4.79 Å². The van der Waals surface area contributed by atoms with E-state index in [-0.39, 0.29) is 17.4 Å². The third kappa shape index (κ3) is 3.21. The van der Waals surface area contributed by atoms with Crippen molar-refractivity contribution >= 4 is 17.8 Å². The minimum atomic E-state index is -0.408. The van der Waals surface area contributed by atoms with Crippen molar-refractivity contribution in [3.8, 4) is 0 Å². The number of carbonyl (C=O) groups excluding carboxylic acids is 1. The second kappa shape index (κ2) is 6.16. The number of halogens is 1. The van der Waals surface area contributed by atoms with Crippen molar-refractivity contribution in [1.82, 2.24) is 5.32 Å². The number of hydrogen-bond acceptors (Lipinski definition) is 2. The third-order valence-electron chi connectivity index (χ3n) is 3.73. The van der Waals surface area contributed by atoms with E-state index in [4.69, 9.17) is 0 Å². The van der Waals surface area contributed by atoms with E-state index in [9.17, 15) is 9.18 Å². The van der Waals surface area contributed by atoms with Crippen LogP contribution in [0.4, 0.5) is 4.39 Å². The van der Waals surface area contributed by atoms with Crippen LogP contribution < -0.4 is 5.32 Å². The van der Waals surface area contributed by atoms with Gasteiger partial charge < -0.3 is 5.32 Å². The quantitative estimate of drug-likeness (QED) is 0.859. The smallest absolute Gasteiger partial charge is 0.275 e.